The summed E-state index contributed by atoms with van der Waals surface area (Å²) >= 11 is 0. The Labute approximate surface area is 134 Å². The van der Waals surface area contributed by atoms with Gasteiger partial charge in [0.1, 0.15) is 11.5 Å². The fraction of sp³-hybridized carbons (Fsp3) is 0.167. The molecular formula is C18H18O5. The zero-order valence-electron chi connectivity index (χ0n) is 12.9. The van der Waals surface area contributed by atoms with Crippen LogP contribution >= 0.6 is 0 Å². The molecule has 2 aromatic rings. The van der Waals surface area contributed by atoms with Crippen LogP contribution in [-0.4, -0.2) is 27.2 Å². The van der Waals surface area contributed by atoms with Gasteiger partial charge < -0.3 is 20.1 Å². The summed E-state index contributed by atoms with van der Waals surface area (Å²) in [6.45, 7) is 3.65. The average Bonchev–Trinajstić information content (AvgIpc) is 2.47. The smallest absolute Gasteiger partial charge is 0.189 e. The minimum absolute atomic E-state index is 0.0182. The van der Waals surface area contributed by atoms with Crippen molar-refractivity contribution in [1.82, 2.24) is 0 Å². The number of aromatic hydroxyl groups is 3. The molecule has 5 heteroatoms. The molecule has 0 aliphatic heterocycles. The van der Waals surface area contributed by atoms with E-state index in [1.165, 1.54) is 42.5 Å². The molecule has 0 amide bonds. The molecule has 2 rings (SSSR count). The Kier molecular flexibility index (Phi) is 4.91. The Morgan fingerprint density at radius 3 is 2.43 bits per heavy atom. The maximum absolute atomic E-state index is 12.3. The topological polar surface area (TPSA) is 87.0 Å². The van der Waals surface area contributed by atoms with Crippen LogP contribution in [0.15, 0.2) is 42.5 Å². The molecule has 0 radical (unpaired) electrons. The molecule has 0 atom stereocenters. The second-order valence-corrected chi connectivity index (χ2v) is 5.29. The van der Waals surface area contributed by atoms with Crippen molar-refractivity contribution in [3.63, 3.8) is 0 Å². The van der Waals surface area contributed by atoms with Gasteiger partial charge in [-0.05, 0) is 49.8 Å². The van der Waals surface area contributed by atoms with Crippen molar-refractivity contribution < 1.29 is 24.9 Å². The van der Waals surface area contributed by atoms with Gasteiger partial charge in [-0.3, -0.25) is 4.79 Å². The molecule has 0 bridgehead atoms. The summed E-state index contributed by atoms with van der Waals surface area (Å²) < 4.78 is 5.55. The number of phenolic OH excluding ortho intramolecular Hbond substituents is 3. The Morgan fingerprint density at radius 1 is 1.04 bits per heavy atom. The molecule has 0 aromatic heterocycles. The van der Waals surface area contributed by atoms with Crippen molar-refractivity contribution in [2.45, 2.75) is 20.0 Å². The first kappa shape index (κ1) is 16.4. The molecule has 0 fully saturated rings. The number of carbonyl (C=O) groups is 1. The number of ether oxygens (including phenoxy) is 1. The molecule has 0 saturated heterocycles. The summed E-state index contributed by atoms with van der Waals surface area (Å²) in [6, 6.07) is 8.57. The number of phenols is 3. The van der Waals surface area contributed by atoms with Crippen LogP contribution < -0.4 is 4.74 Å². The Hall–Kier alpha value is -2.95. The van der Waals surface area contributed by atoms with Gasteiger partial charge in [0, 0.05) is 6.07 Å². The van der Waals surface area contributed by atoms with E-state index in [9.17, 15) is 20.1 Å². The van der Waals surface area contributed by atoms with Crippen LogP contribution in [0.2, 0.25) is 0 Å². The highest BCUT2D eigenvalue weighted by molar-refractivity contribution is 6.08. The fourth-order valence-electron chi connectivity index (χ4n) is 1.97. The molecule has 0 saturated carbocycles. The maximum Gasteiger partial charge on any atom is 0.189 e. The van der Waals surface area contributed by atoms with E-state index in [1.54, 1.807) is 6.07 Å². The lowest BCUT2D eigenvalue weighted by Crippen LogP contribution is -2.09. The molecule has 3 N–H and O–H groups in total. The van der Waals surface area contributed by atoms with Crippen molar-refractivity contribution in [1.29, 1.82) is 0 Å². The van der Waals surface area contributed by atoms with E-state index < -0.39 is 0 Å². The highest BCUT2D eigenvalue weighted by atomic mass is 16.5. The minimum atomic E-state index is -0.298. The molecule has 120 valence electrons. The quantitative estimate of drug-likeness (QED) is 0.447. The third kappa shape index (κ3) is 4.26. The van der Waals surface area contributed by atoms with Crippen molar-refractivity contribution in [3.05, 3.63) is 53.6 Å². The van der Waals surface area contributed by atoms with E-state index in [2.05, 4.69) is 0 Å². The predicted molar refractivity (Wildman–Crippen MR) is 87.0 cm³/mol. The van der Waals surface area contributed by atoms with E-state index in [0.717, 1.165) is 0 Å². The standard InChI is InChI=1S/C18H18O5/c1-11(2)23-18-10-13(19)5-6-14(18)15(20)7-3-12-4-8-16(21)17(22)9-12/h3-11,19,21-22H,1-2H3/b7-3+. The van der Waals surface area contributed by atoms with Crippen molar-refractivity contribution in [3.8, 4) is 23.0 Å². The molecule has 0 aliphatic rings. The number of ketones is 1. The second kappa shape index (κ2) is 6.87. The highest BCUT2D eigenvalue weighted by Crippen LogP contribution is 2.27. The second-order valence-electron chi connectivity index (χ2n) is 5.29. The van der Waals surface area contributed by atoms with Gasteiger partial charge in [-0.15, -0.1) is 0 Å². The summed E-state index contributed by atoms with van der Waals surface area (Å²) in [5.41, 5.74) is 0.898. The third-order valence-electron chi connectivity index (χ3n) is 3.02. The van der Waals surface area contributed by atoms with Gasteiger partial charge in [-0.25, -0.2) is 0 Å². The van der Waals surface area contributed by atoms with E-state index >= 15 is 0 Å². The average molecular weight is 314 g/mol. The lowest BCUT2D eigenvalue weighted by molar-refractivity contribution is 0.104. The van der Waals surface area contributed by atoms with Gasteiger partial charge in [0.05, 0.1) is 11.7 Å². The molecule has 0 heterocycles. The lowest BCUT2D eigenvalue weighted by Gasteiger charge is -2.13. The minimum Gasteiger partial charge on any atom is -0.508 e. The molecule has 5 nitrogen and oxygen atoms in total. The van der Waals surface area contributed by atoms with Crippen LogP contribution in [0.3, 0.4) is 0 Å². The Balaban J connectivity index is 2.26. The molecule has 23 heavy (non-hydrogen) atoms. The van der Waals surface area contributed by atoms with Gasteiger partial charge in [-0.1, -0.05) is 12.1 Å². The van der Waals surface area contributed by atoms with Gasteiger partial charge in [0.15, 0.2) is 17.3 Å². The van der Waals surface area contributed by atoms with Crippen molar-refractivity contribution in [2.24, 2.45) is 0 Å². The fourth-order valence-corrected chi connectivity index (χ4v) is 1.97. The Morgan fingerprint density at radius 2 is 1.78 bits per heavy atom. The van der Waals surface area contributed by atoms with E-state index in [0.29, 0.717) is 16.9 Å². The van der Waals surface area contributed by atoms with Gasteiger partial charge in [-0.2, -0.15) is 0 Å². The van der Waals surface area contributed by atoms with Crippen LogP contribution in [0, 0.1) is 0 Å². The lowest BCUT2D eigenvalue weighted by atomic mass is 10.1. The van der Waals surface area contributed by atoms with Crippen LogP contribution in [0.5, 0.6) is 23.0 Å². The highest BCUT2D eigenvalue weighted by Gasteiger charge is 2.12. The van der Waals surface area contributed by atoms with E-state index in [-0.39, 0.29) is 29.1 Å². The molecule has 0 spiro atoms. The summed E-state index contributed by atoms with van der Waals surface area (Å²) in [6.07, 6.45) is 2.72. The first-order valence-electron chi connectivity index (χ1n) is 7.11. The van der Waals surface area contributed by atoms with Crippen LogP contribution in [0.1, 0.15) is 29.8 Å². The largest absolute Gasteiger partial charge is 0.508 e. The summed E-state index contributed by atoms with van der Waals surface area (Å²) in [4.78, 5) is 12.3. The van der Waals surface area contributed by atoms with E-state index in [4.69, 9.17) is 4.74 Å². The number of benzene rings is 2. The number of carbonyl (C=O) groups excluding carboxylic acids is 1. The Bertz CT molecular complexity index is 747. The van der Waals surface area contributed by atoms with Crippen LogP contribution in [-0.2, 0) is 0 Å². The summed E-state index contributed by atoms with van der Waals surface area (Å²) in [7, 11) is 0. The van der Waals surface area contributed by atoms with Crippen molar-refractivity contribution >= 4 is 11.9 Å². The van der Waals surface area contributed by atoms with Gasteiger partial charge in [0.2, 0.25) is 0 Å². The molecule has 0 aliphatic carbocycles. The normalized spacial score (nSPS) is 11.1. The SMILES string of the molecule is CC(C)Oc1cc(O)ccc1C(=O)/C=C/c1ccc(O)c(O)c1. The third-order valence-corrected chi connectivity index (χ3v) is 3.02. The van der Waals surface area contributed by atoms with Crippen LogP contribution in [0.25, 0.3) is 6.08 Å². The number of allylic oxidation sites excluding steroid dienone is 1. The number of hydrogen-bond donors (Lipinski definition) is 3. The van der Waals surface area contributed by atoms with Gasteiger partial charge >= 0.3 is 0 Å². The van der Waals surface area contributed by atoms with Gasteiger partial charge in [0.25, 0.3) is 0 Å². The summed E-state index contributed by atoms with van der Waals surface area (Å²) in [5.74, 6) is -0.450. The van der Waals surface area contributed by atoms with Crippen LogP contribution in [0.4, 0.5) is 0 Å². The number of rotatable bonds is 5. The number of hydrogen-bond acceptors (Lipinski definition) is 5. The molecular weight excluding hydrogens is 296 g/mol. The zero-order chi connectivity index (χ0) is 17.0. The predicted octanol–water partition coefficient (Wildman–Crippen LogP) is 3.49. The zero-order valence-corrected chi connectivity index (χ0v) is 12.9. The molecule has 0 unspecified atom stereocenters. The monoisotopic (exact) mass is 314 g/mol. The van der Waals surface area contributed by atoms with Crippen molar-refractivity contribution in [2.75, 3.05) is 0 Å². The maximum atomic E-state index is 12.3. The first-order valence-corrected chi connectivity index (χ1v) is 7.11. The summed E-state index contributed by atoms with van der Waals surface area (Å²) in [5, 5.41) is 28.2. The first-order chi connectivity index (χ1) is 10.9. The molecule has 2 aromatic carbocycles. The van der Waals surface area contributed by atoms with E-state index in [1.807, 2.05) is 13.8 Å².